The molecule has 0 amide bonds. The smallest absolute Gasteiger partial charge is 0.346 e. The van der Waals surface area contributed by atoms with Crippen molar-refractivity contribution in [2.45, 2.75) is 6.92 Å². The summed E-state index contributed by atoms with van der Waals surface area (Å²) in [6.45, 7) is 1.88. The van der Waals surface area contributed by atoms with Crippen LogP contribution in [0.4, 0.5) is 4.39 Å². The molecule has 21 heavy (non-hydrogen) atoms. The van der Waals surface area contributed by atoms with Gasteiger partial charge in [-0.05, 0) is 31.2 Å². The summed E-state index contributed by atoms with van der Waals surface area (Å²) >= 11 is 0. The van der Waals surface area contributed by atoms with E-state index in [2.05, 4.69) is 0 Å². The van der Waals surface area contributed by atoms with Crippen LogP contribution in [0.1, 0.15) is 27.6 Å². The van der Waals surface area contributed by atoms with Gasteiger partial charge in [0.25, 0.3) is 0 Å². The molecule has 0 unspecified atom stereocenters. The molecule has 4 nitrogen and oxygen atoms in total. The van der Waals surface area contributed by atoms with E-state index in [4.69, 9.17) is 9.47 Å². The standard InChI is InChI=1S/C16H13FO4/c1-2-20-15(18)12-8-4-6-10-14(12)21-16(19)11-7-3-5-9-13(11)17/h3-10H,2H2,1H3. The Labute approximate surface area is 121 Å². The number of carbonyl (C=O) groups is 2. The van der Waals surface area contributed by atoms with Crippen LogP contribution in [0.3, 0.4) is 0 Å². The van der Waals surface area contributed by atoms with Gasteiger partial charge in [0.15, 0.2) is 0 Å². The van der Waals surface area contributed by atoms with Crippen molar-refractivity contribution in [1.29, 1.82) is 0 Å². The molecular weight excluding hydrogens is 275 g/mol. The summed E-state index contributed by atoms with van der Waals surface area (Å²) in [6.07, 6.45) is 0. The summed E-state index contributed by atoms with van der Waals surface area (Å²) < 4.78 is 23.5. The van der Waals surface area contributed by atoms with Crippen molar-refractivity contribution in [2.24, 2.45) is 0 Å². The monoisotopic (exact) mass is 288 g/mol. The zero-order valence-corrected chi connectivity index (χ0v) is 11.3. The van der Waals surface area contributed by atoms with E-state index >= 15 is 0 Å². The van der Waals surface area contributed by atoms with Gasteiger partial charge in [0.1, 0.15) is 17.1 Å². The third-order valence-corrected chi connectivity index (χ3v) is 2.68. The molecule has 0 aliphatic rings. The van der Waals surface area contributed by atoms with Crippen LogP contribution < -0.4 is 4.74 Å². The number of hydrogen-bond acceptors (Lipinski definition) is 4. The zero-order valence-electron chi connectivity index (χ0n) is 11.3. The summed E-state index contributed by atoms with van der Waals surface area (Å²) in [4.78, 5) is 23.7. The molecule has 5 heteroatoms. The van der Waals surface area contributed by atoms with E-state index in [0.717, 1.165) is 6.07 Å². The average molecular weight is 288 g/mol. The molecule has 108 valence electrons. The van der Waals surface area contributed by atoms with Gasteiger partial charge in [-0.25, -0.2) is 14.0 Å². The molecule has 0 heterocycles. The van der Waals surface area contributed by atoms with Crippen molar-refractivity contribution in [2.75, 3.05) is 6.61 Å². The second kappa shape index (κ2) is 6.65. The van der Waals surface area contributed by atoms with Gasteiger partial charge in [0.05, 0.1) is 12.2 Å². The van der Waals surface area contributed by atoms with Crippen molar-refractivity contribution >= 4 is 11.9 Å². The molecule has 2 aromatic carbocycles. The Kier molecular flexibility index (Phi) is 4.66. The van der Waals surface area contributed by atoms with E-state index in [1.165, 1.54) is 30.3 Å². The van der Waals surface area contributed by atoms with Crippen LogP contribution in [0.2, 0.25) is 0 Å². The number of halogens is 1. The average Bonchev–Trinajstić information content (AvgIpc) is 2.48. The van der Waals surface area contributed by atoms with Crippen molar-refractivity contribution in [3.63, 3.8) is 0 Å². The maximum Gasteiger partial charge on any atom is 0.346 e. The summed E-state index contributed by atoms with van der Waals surface area (Å²) in [5.74, 6) is -2.13. The van der Waals surface area contributed by atoms with Gasteiger partial charge in [-0.1, -0.05) is 24.3 Å². The number of hydrogen-bond donors (Lipinski definition) is 0. The first kappa shape index (κ1) is 14.7. The summed E-state index contributed by atoms with van der Waals surface area (Å²) in [5, 5.41) is 0. The Balaban J connectivity index is 2.26. The van der Waals surface area contributed by atoms with Crippen LogP contribution >= 0.6 is 0 Å². The first-order valence-electron chi connectivity index (χ1n) is 6.36. The van der Waals surface area contributed by atoms with E-state index in [1.54, 1.807) is 19.1 Å². The molecule has 2 rings (SSSR count). The minimum atomic E-state index is -0.871. The largest absolute Gasteiger partial charge is 0.462 e. The van der Waals surface area contributed by atoms with Gasteiger partial charge < -0.3 is 9.47 Å². The predicted octanol–water partition coefficient (Wildman–Crippen LogP) is 3.22. The van der Waals surface area contributed by atoms with Crippen LogP contribution in [0.25, 0.3) is 0 Å². The van der Waals surface area contributed by atoms with E-state index in [9.17, 15) is 14.0 Å². The first-order valence-corrected chi connectivity index (χ1v) is 6.36. The molecule has 0 bridgehead atoms. The Bertz CT molecular complexity index is 667. The highest BCUT2D eigenvalue weighted by atomic mass is 19.1. The minimum Gasteiger partial charge on any atom is -0.462 e. The molecule has 0 aromatic heterocycles. The maximum atomic E-state index is 13.5. The second-order valence-corrected chi connectivity index (χ2v) is 4.09. The molecule has 0 fully saturated rings. The predicted molar refractivity (Wildman–Crippen MR) is 73.8 cm³/mol. The fourth-order valence-electron chi connectivity index (χ4n) is 1.71. The number of carbonyl (C=O) groups excluding carboxylic acids is 2. The zero-order chi connectivity index (χ0) is 15.2. The van der Waals surface area contributed by atoms with E-state index in [1.807, 2.05) is 0 Å². The number of rotatable bonds is 4. The molecule has 0 spiro atoms. The molecule has 0 aliphatic heterocycles. The van der Waals surface area contributed by atoms with Crippen LogP contribution in [0.5, 0.6) is 5.75 Å². The van der Waals surface area contributed by atoms with Gasteiger partial charge in [-0.2, -0.15) is 0 Å². The quantitative estimate of drug-likeness (QED) is 0.640. The molecular formula is C16H13FO4. The lowest BCUT2D eigenvalue weighted by Crippen LogP contribution is -2.14. The number of para-hydroxylation sites is 1. The highest BCUT2D eigenvalue weighted by molar-refractivity contribution is 5.96. The SMILES string of the molecule is CCOC(=O)c1ccccc1OC(=O)c1ccccc1F. The molecule has 0 aliphatic carbocycles. The highest BCUT2D eigenvalue weighted by Gasteiger charge is 2.18. The van der Waals surface area contributed by atoms with Crippen LogP contribution in [-0.2, 0) is 4.74 Å². The summed E-state index contributed by atoms with van der Waals surface area (Å²) in [6, 6.07) is 11.6. The lowest BCUT2D eigenvalue weighted by Gasteiger charge is -2.09. The van der Waals surface area contributed by atoms with Crippen molar-refractivity contribution in [3.05, 3.63) is 65.5 Å². The number of esters is 2. The number of ether oxygens (including phenoxy) is 2. The lowest BCUT2D eigenvalue weighted by atomic mass is 10.2. The van der Waals surface area contributed by atoms with Gasteiger partial charge >= 0.3 is 11.9 Å². The van der Waals surface area contributed by atoms with Gasteiger partial charge in [0.2, 0.25) is 0 Å². The third-order valence-electron chi connectivity index (χ3n) is 2.68. The van der Waals surface area contributed by atoms with Gasteiger partial charge in [-0.3, -0.25) is 0 Å². The Hall–Kier alpha value is -2.69. The first-order chi connectivity index (χ1) is 10.1. The molecule has 0 N–H and O–H groups in total. The summed E-state index contributed by atoms with van der Waals surface area (Å²) in [7, 11) is 0. The summed E-state index contributed by atoms with van der Waals surface area (Å²) in [5.41, 5.74) is -0.0831. The lowest BCUT2D eigenvalue weighted by molar-refractivity contribution is 0.0520. The van der Waals surface area contributed by atoms with Crippen LogP contribution in [-0.4, -0.2) is 18.5 Å². The molecule has 0 saturated heterocycles. The molecule has 0 saturated carbocycles. The maximum absolute atomic E-state index is 13.5. The Morgan fingerprint density at radius 2 is 1.57 bits per heavy atom. The van der Waals surface area contributed by atoms with Crippen LogP contribution in [0, 0.1) is 5.82 Å². The van der Waals surface area contributed by atoms with E-state index in [0.29, 0.717) is 0 Å². The number of benzene rings is 2. The highest BCUT2D eigenvalue weighted by Crippen LogP contribution is 2.21. The molecule has 2 aromatic rings. The van der Waals surface area contributed by atoms with E-state index < -0.39 is 17.8 Å². The Morgan fingerprint density at radius 3 is 2.24 bits per heavy atom. The van der Waals surface area contributed by atoms with E-state index in [-0.39, 0.29) is 23.5 Å². The van der Waals surface area contributed by atoms with Crippen molar-refractivity contribution in [3.8, 4) is 5.75 Å². The van der Waals surface area contributed by atoms with Crippen molar-refractivity contribution in [1.82, 2.24) is 0 Å². The van der Waals surface area contributed by atoms with Gasteiger partial charge in [-0.15, -0.1) is 0 Å². The van der Waals surface area contributed by atoms with Crippen LogP contribution in [0.15, 0.2) is 48.5 Å². The van der Waals surface area contributed by atoms with Crippen molar-refractivity contribution < 1.29 is 23.5 Å². The molecule has 0 radical (unpaired) electrons. The second-order valence-electron chi connectivity index (χ2n) is 4.09. The third kappa shape index (κ3) is 3.45. The fourth-order valence-corrected chi connectivity index (χ4v) is 1.71. The van der Waals surface area contributed by atoms with Gasteiger partial charge in [0, 0.05) is 0 Å². The topological polar surface area (TPSA) is 52.6 Å². The molecule has 0 atom stereocenters. The normalized spacial score (nSPS) is 10.0. The minimum absolute atomic E-state index is 0.0317. The Morgan fingerprint density at radius 1 is 0.952 bits per heavy atom. The fraction of sp³-hybridized carbons (Fsp3) is 0.125.